The Labute approximate surface area is 93.3 Å². The highest BCUT2D eigenvalue weighted by Crippen LogP contribution is 2.26. The molecule has 1 aromatic carbocycles. The quantitative estimate of drug-likeness (QED) is 0.728. The predicted molar refractivity (Wildman–Crippen MR) is 60.6 cm³/mol. The molecule has 0 atom stereocenters. The topological polar surface area (TPSA) is 76.7 Å². The zero-order valence-corrected chi connectivity index (χ0v) is 8.99. The molecule has 5 nitrogen and oxygen atoms in total. The molecule has 0 fully saturated rings. The summed E-state index contributed by atoms with van der Waals surface area (Å²) in [4.78, 5) is 10.6. The first-order valence-corrected chi connectivity index (χ1v) is 5.00. The summed E-state index contributed by atoms with van der Waals surface area (Å²) < 4.78 is 5.14. The Balaban J connectivity index is 2.26. The number of hydrogen-bond acceptors (Lipinski definition) is 3. The molecule has 0 spiro atoms. The van der Waals surface area contributed by atoms with E-state index < -0.39 is 6.03 Å². The summed E-state index contributed by atoms with van der Waals surface area (Å²) in [5, 5.41) is 3.97. The number of hydrogen-bond donors (Lipinski definition) is 2. The molecule has 0 saturated carbocycles. The summed E-state index contributed by atoms with van der Waals surface area (Å²) in [5.74, 6) is 0.836. The van der Waals surface area contributed by atoms with Crippen molar-refractivity contribution in [2.75, 3.05) is 7.11 Å². The number of nitrogens with zero attached hydrogens (tertiary/aromatic N) is 1. The number of nitrogens with two attached hydrogens (primary N) is 1. The fraction of sp³-hybridized carbons (Fsp3) is 0.273. The molecule has 0 aromatic heterocycles. The van der Waals surface area contributed by atoms with E-state index in [9.17, 15) is 4.79 Å². The van der Waals surface area contributed by atoms with Crippen molar-refractivity contribution in [3.05, 3.63) is 29.3 Å². The van der Waals surface area contributed by atoms with Gasteiger partial charge in [0.15, 0.2) is 0 Å². The molecule has 0 bridgehead atoms. The average Bonchev–Trinajstić information content (AvgIpc) is 2.68. The van der Waals surface area contributed by atoms with Gasteiger partial charge in [0.25, 0.3) is 0 Å². The van der Waals surface area contributed by atoms with Crippen molar-refractivity contribution < 1.29 is 9.53 Å². The smallest absolute Gasteiger partial charge is 0.332 e. The first-order chi connectivity index (χ1) is 7.70. The number of fused-ring (bicyclic) bond motifs is 1. The van der Waals surface area contributed by atoms with Crippen molar-refractivity contribution in [1.29, 1.82) is 0 Å². The van der Waals surface area contributed by atoms with E-state index in [4.69, 9.17) is 10.5 Å². The van der Waals surface area contributed by atoms with Gasteiger partial charge in [-0.05, 0) is 36.6 Å². The van der Waals surface area contributed by atoms with Gasteiger partial charge in [0.1, 0.15) is 5.75 Å². The minimum Gasteiger partial charge on any atom is -0.497 e. The first-order valence-electron chi connectivity index (χ1n) is 5.00. The van der Waals surface area contributed by atoms with Gasteiger partial charge in [0.05, 0.1) is 12.8 Å². The maximum Gasteiger partial charge on any atom is 0.332 e. The van der Waals surface area contributed by atoms with Crippen molar-refractivity contribution in [2.45, 2.75) is 12.8 Å². The lowest BCUT2D eigenvalue weighted by molar-refractivity contribution is 0.249. The van der Waals surface area contributed by atoms with Crippen LogP contribution in [-0.2, 0) is 6.42 Å². The lowest BCUT2D eigenvalue weighted by Gasteiger charge is -2.03. The molecule has 0 heterocycles. The number of benzene rings is 1. The van der Waals surface area contributed by atoms with Crippen molar-refractivity contribution in [3.8, 4) is 5.75 Å². The Morgan fingerprint density at radius 2 is 2.31 bits per heavy atom. The van der Waals surface area contributed by atoms with Gasteiger partial charge >= 0.3 is 6.03 Å². The van der Waals surface area contributed by atoms with Crippen LogP contribution in [0.4, 0.5) is 4.79 Å². The maximum absolute atomic E-state index is 10.6. The third-order valence-corrected chi connectivity index (χ3v) is 2.56. The molecular formula is C11H13N3O2. The Morgan fingerprint density at radius 3 is 3.00 bits per heavy atom. The highest BCUT2D eigenvalue weighted by molar-refractivity contribution is 6.04. The molecule has 1 aliphatic rings. The van der Waals surface area contributed by atoms with E-state index in [0.717, 1.165) is 29.9 Å². The molecule has 2 rings (SSSR count). The molecular weight excluding hydrogens is 206 g/mol. The standard InChI is InChI=1S/C11H13N3O2/c1-16-8-3-4-9-7(6-8)2-5-10(9)13-14-11(12)15/h3-4,6H,2,5H2,1H3,(H3,12,14,15)/b13-10+. The molecule has 1 aromatic rings. The minimum atomic E-state index is -0.644. The highest BCUT2D eigenvalue weighted by atomic mass is 16.5. The monoisotopic (exact) mass is 219 g/mol. The average molecular weight is 219 g/mol. The molecule has 0 radical (unpaired) electrons. The molecule has 3 N–H and O–H groups in total. The minimum absolute atomic E-state index is 0.644. The molecule has 5 heteroatoms. The van der Waals surface area contributed by atoms with Crippen LogP contribution >= 0.6 is 0 Å². The van der Waals surface area contributed by atoms with Crippen molar-refractivity contribution in [1.82, 2.24) is 5.43 Å². The van der Waals surface area contributed by atoms with Gasteiger partial charge in [-0.15, -0.1) is 0 Å². The van der Waals surface area contributed by atoms with E-state index in [-0.39, 0.29) is 0 Å². The number of urea groups is 1. The second-order valence-electron chi connectivity index (χ2n) is 3.56. The number of ether oxygens (including phenoxy) is 1. The normalized spacial score (nSPS) is 15.9. The first kappa shape index (κ1) is 10.5. The Bertz CT molecular complexity index is 455. The number of aryl methyl sites for hydroxylation is 1. The van der Waals surface area contributed by atoms with Crippen LogP contribution in [0.15, 0.2) is 23.3 Å². The number of rotatable bonds is 2. The lowest BCUT2D eigenvalue weighted by Crippen LogP contribution is -2.25. The van der Waals surface area contributed by atoms with E-state index in [2.05, 4.69) is 10.5 Å². The number of carbonyl (C=O) groups is 1. The van der Waals surface area contributed by atoms with Crippen LogP contribution in [0.25, 0.3) is 0 Å². The van der Waals surface area contributed by atoms with Crippen LogP contribution in [0, 0.1) is 0 Å². The van der Waals surface area contributed by atoms with Crippen LogP contribution in [-0.4, -0.2) is 18.9 Å². The fourth-order valence-corrected chi connectivity index (χ4v) is 1.81. The van der Waals surface area contributed by atoms with Crippen molar-refractivity contribution >= 4 is 11.7 Å². The molecule has 1 aliphatic carbocycles. The summed E-state index contributed by atoms with van der Waals surface area (Å²) in [6.07, 6.45) is 1.72. The summed E-state index contributed by atoms with van der Waals surface area (Å²) in [5.41, 5.74) is 10.3. The highest BCUT2D eigenvalue weighted by Gasteiger charge is 2.18. The number of carbonyl (C=O) groups excluding carboxylic acids is 1. The van der Waals surface area contributed by atoms with E-state index >= 15 is 0 Å². The largest absolute Gasteiger partial charge is 0.497 e. The third-order valence-electron chi connectivity index (χ3n) is 2.56. The van der Waals surface area contributed by atoms with E-state index in [1.54, 1.807) is 7.11 Å². The number of methoxy groups -OCH3 is 1. The number of nitrogens with one attached hydrogen (secondary N) is 1. The molecule has 2 amide bonds. The van der Waals surface area contributed by atoms with E-state index in [1.807, 2.05) is 18.2 Å². The van der Waals surface area contributed by atoms with Crippen molar-refractivity contribution in [3.63, 3.8) is 0 Å². The predicted octanol–water partition coefficient (Wildman–Crippen LogP) is 1.01. The maximum atomic E-state index is 10.6. The van der Waals surface area contributed by atoms with Crippen LogP contribution in [0.3, 0.4) is 0 Å². The molecule has 16 heavy (non-hydrogen) atoms. The van der Waals surface area contributed by atoms with Gasteiger partial charge in [0.2, 0.25) is 0 Å². The van der Waals surface area contributed by atoms with Crippen LogP contribution in [0.5, 0.6) is 5.75 Å². The second-order valence-corrected chi connectivity index (χ2v) is 3.56. The Kier molecular flexibility index (Phi) is 2.76. The summed E-state index contributed by atoms with van der Waals surface area (Å²) in [6.45, 7) is 0. The van der Waals surface area contributed by atoms with Gasteiger partial charge < -0.3 is 10.5 Å². The van der Waals surface area contributed by atoms with Gasteiger partial charge in [-0.3, -0.25) is 0 Å². The van der Waals surface area contributed by atoms with Crippen molar-refractivity contribution in [2.24, 2.45) is 10.8 Å². The lowest BCUT2D eigenvalue weighted by atomic mass is 10.1. The zero-order chi connectivity index (χ0) is 11.5. The molecule has 0 unspecified atom stereocenters. The zero-order valence-electron chi connectivity index (χ0n) is 8.99. The molecule has 84 valence electrons. The van der Waals surface area contributed by atoms with E-state index in [1.165, 1.54) is 5.56 Å². The van der Waals surface area contributed by atoms with Gasteiger partial charge in [-0.2, -0.15) is 5.10 Å². The van der Waals surface area contributed by atoms with Crippen LogP contribution in [0.1, 0.15) is 17.5 Å². The molecule has 0 aliphatic heterocycles. The van der Waals surface area contributed by atoms with E-state index in [0.29, 0.717) is 0 Å². The summed E-state index contributed by atoms with van der Waals surface area (Å²) >= 11 is 0. The third kappa shape index (κ3) is 1.98. The molecule has 0 saturated heterocycles. The van der Waals surface area contributed by atoms with Gasteiger partial charge in [-0.1, -0.05) is 0 Å². The SMILES string of the molecule is COc1ccc2c(c1)CC/C2=N\NC(N)=O. The number of amides is 2. The van der Waals surface area contributed by atoms with Gasteiger partial charge in [0, 0.05) is 5.56 Å². The fourth-order valence-electron chi connectivity index (χ4n) is 1.81. The number of primary amides is 1. The number of hydrazone groups is 1. The Hall–Kier alpha value is -2.04. The summed E-state index contributed by atoms with van der Waals surface area (Å²) in [7, 11) is 1.64. The van der Waals surface area contributed by atoms with Crippen LogP contribution < -0.4 is 15.9 Å². The second kappa shape index (κ2) is 4.22. The summed E-state index contributed by atoms with van der Waals surface area (Å²) in [6, 6.07) is 5.17. The van der Waals surface area contributed by atoms with Crippen LogP contribution in [0.2, 0.25) is 0 Å². The Morgan fingerprint density at radius 1 is 1.50 bits per heavy atom. The van der Waals surface area contributed by atoms with Gasteiger partial charge in [-0.25, -0.2) is 10.2 Å².